The van der Waals surface area contributed by atoms with Gasteiger partial charge < -0.3 is 5.32 Å². The Balaban J connectivity index is 2.20. The normalized spacial score (nSPS) is 11.8. The summed E-state index contributed by atoms with van der Waals surface area (Å²) in [5.41, 5.74) is 2.23. The predicted molar refractivity (Wildman–Crippen MR) is 84.7 cm³/mol. The van der Waals surface area contributed by atoms with Gasteiger partial charge in [0.05, 0.1) is 4.88 Å². The van der Waals surface area contributed by atoms with E-state index < -0.39 is 0 Å². The third-order valence-electron chi connectivity index (χ3n) is 2.45. The molecule has 1 aromatic carbocycles. The Labute approximate surface area is 125 Å². The molecular formula is C13H16IN3S. The first kappa shape index (κ1) is 13.9. The fourth-order valence-electron chi connectivity index (χ4n) is 1.50. The molecule has 1 heterocycles. The molecular weight excluding hydrogens is 357 g/mol. The molecule has 0 amide bonds. The van der Waals surface area contributed by atoms with Crippen molar-refractivity contribution in [3.63, 3.8) is 0 Å². The Morgan fingerprint density at radius 3 is 2.50 bits per heavy atom. The topological polar surface area (TPSA) is 37.8 Å². The molecule has 96 valence electrons. The molecule has 0 aliphatic heterocycles. The lowest BCUT2D eigenvalue weighted by Gasteiger charge is -2.19. The Kier molecular flexibility index (Phi) is 4.34. The summed E-state index contributed by atoms with van der Waals surface area (Å²) < 4.78 is 5.30. The van der Waals surface area contributed by atoms with Crippen LogP contribution in [0.15, 0.2) is 24.3 Å². The maximum atomic E-state index is 4.24. The molecule has 0 saturated heterocycles. The van der Waals surface area contributed by atoms with Crippen molar-refractivity contribution >= 4 is 34.1 Å². The third-order valence-corrected chi connectivity index (χ3v) is 3.89. The molecule has 0 radical (unpaired) electrons. The summed E-state index contributed by atoms with van der Waals surface area (Å²) in [5.74, 6) is 0. The molecule has 2 aromatic rings. The van der Waals surface area contributed by atoms with Crippen LogP contribution >= 0.6 is 34.1 Å². The minimum Gasteiger partial charge on any atom is -0.307 e. The van der Waals surface area contributed by atoms with Crippen molar-refractivity contribution in [2.45, 2.75) is 32.9 Å². The average Bonchev–Trinajstić information content (AvgIpc) is 2.75. The number of benzene rings is 1. The summed E-state index contributed by atoms with van der Waals surface area (Å²) in [5, 5.41) is 7.72. The first-order chi connectivity index (χ1) is 8.46. The van der Waals surface area contributed by atoms with Crippen LogP contribution in [0.3, 0.4) is 0 Å². The van der Waals surface area contributed by atoms with Crippen molar-refractivity contribution in [2.75, 3.05) is 0 Å². The van der Waals surface area contributed by atoms with Crippen LogP contribution in [0.1, 0.15) is 25.6 Å². The molecule has 0 unspecified atom stereocenters. The monoisotopic (exact) mass is 373 g/mol. The van der Waals surface area contributed by atoms with Crippen LogP contribution in [0.2, 0.25) is 0 Å². The number of hydrogen-bond acceptors (Lipinski definition) is 4. The van der Waals surface area contributed by atoms with E-state index in [4.69, 9.17) is 0 Å². The van der Waals surface area contributed by atoms with Crippen molar-refractivity contribution in [1.82, 2.24) is 14.9 Å². The van der Waals surface area contributed by atoms with Gasteiger partial charge in [-0.15, -0.1) is 5.10 Å². The van der Waals surface area contributed by atoms with Gasteiger partial charge in [-0.05, 0) is 67.0 Å². The van der Waals surface area contributed by atoms with E-state index in [0.717, 1.165) is 17.8 Å². The van der Waals surface area contributed by atoms with E-state index in [9.17, 15) is 0 Å². The van der Waals surface area contributed by atoms with Crippen molar-refractivity contribution in [3.8, 4) is 11.3 Å². The summed E-state index contributed by atoms with van der Waals surface area (Å²) in [4.78, 5) is 1.19. The maximum Gasteiger partial charge on any atom is 0.110 e. The van der Waals surface area contributed by atoms with Crippen molar-refractivity contribution in [3.05, 3.63) is 32.7 Å². The van der Waals surface area contributed by atoms with Gasteiger partial charge in [-0.1, -0.05) is 16.6 Å². The Bertz CT molecular complexity index is 514. The van der Waals surface area contributed by atoms with Crippen LogP contribution < -0.4 is 5.32 Å². The molecule has 3 nitrogen and oxygen atoms in total. The van der Waals surface area contributed by atoms with Crippen molar-refractivity contribution < 1.29 is 0 Å². The van der Waals surface area contributed by atoms with Gasteiger partial charge in [-0.25, -0.2) is 0 Å². The number of aromatic nitrogens is 2. The van der Waals surface area contributed by atoms with Gasteiger partial charge in [0, 0.05) is 21.2 Å². The fourth-order valence-corrected chi connectivity index (χ4v) is 2.46. The van der Waals surface area contributed by atoms with Crippen LogP contribution in [-0.4, -0.2) is 15.1 Å². The molecule has 0 bridgehead atoms. The van der Waals surface area contributed by atoms with Crippen LogP contribution in [0, 0.1) is 3.57 Å². The number of nitrogens with zero attached hydrogens (tertiary/aromatic N) is 2. The minimum absolute atomic E-state index is 0.104. The third kappa shape index (κ3) is 3.73. The second-order valence-corrected chi connectivity index (χ2v) is 7.24. The molecule has 0 aliphatic carbocycles. The van der Waals surface area contributed by atoms with E-state index >= 15 is 0 Å². The smallest absolute Gasteiger partial charge is 0.110 e. The van der Waals surface area contributed by atoms with E-state index in [-0.39, 0.29) is 5.54 Å². The Hall–Kier alpha value is -0.530. The van der Waals surface area contributed by atoms with Gasteiger partial charge in [-0.2, -0.15) is 0 Å². The zero-order valence-electron chi connectivity index (χ0n) is 10.7. The highest BCUT2D eigenvalue weighted by molar-refractivity contribution is 14.1. The Morgan fingerprint density at radius 2 is 1.89 bits per heavy atom. The lowest BCUT2D eigenvalue weighted by Crippen LogP contribution is -2.34. The van der Waals surface area contributed by atoms with E-state index in [1.165, 1.54) is 20.0 Å². The maximum absolute atomic E-state index is 4.24. The first-order valence-corrected chi connectivity index (χ1v) is 7.63. The zero-order chi connectivity index (χ0) is 13.2. The highest BCUT2D eigenvalue weighted by Crippen LogP contribution is 2.24. The second kappa shape index (κ2) is 5.63. The van der Waals surface area contributed by atoms with Gasteiger partial charge in [0.1, 0.15) is 5.69 Å². The Morgan fingerprint density at radius 1 is 1.22 bits per heavy atom. The minimum atomic E-state index is 0.104. The molecule has 0 atom stereocenters. The molecule has 5 heteroatoms. The van der Waals surface area contributed by atoms with Crippen LogP contribution in [0.25, 0.3) is 11.3 Å². The van der Waals surface area contributed by atoms with Crippen molar-refractivity contribution in [2.24, 2.45) is 0 Å². The molecule has 2 rings (SSSR count). The second-order valence-electron chi connectivity index (χ2n) is 5.16. The SMILES string of the molecule is CC(C)(C)NCc1snnc1-c1ccc(I)cc1. The van der Waals surface area contributed by atoms with Gasteiger partial charge in [0.15, 0.2) is 0 Å². The molecule has 0 aliphatic rings. The van der Waals surface area contributed by atoms with E-state index in [2.05, 4.69) is 82.5 Å². The molecule has 0 fully saturated rings. The van der Waals surface area contributed by atoms with E-state index in [1.54, 1.807) is 0 Å². The molecule has 1 aromatic heterocycles. The summed E-state index contributed by atoms with van der Waals surface area (Å²) in [6.07, 6.45) is 0. The zero-order valence-corrected chi connectivity index (χ0v) is 13.7. The molecule has 0 spiro atoms. The standard InChI is InChI=1S/C13H16IN3S/c1-13(2,3)15-8-11-12(16-17-18-11)9-4-6-10(14)7-5-9/h4-7,15H,8H2,1-3H3. The number of halogens is 1. The number of nitrogens with one attached hydrogen (secondary N) is 1. The van der Waals surface area contributed by atoms with Crippen molar-refractivity contribution in [1.29, 1.82) is 0 Å². The summed E-state index contributed by atoms with van der Waals surface area (Å²) in [6.45, 7) is 7.28. The van der Waals surface area contributed by atoms with Gasteiger partial charge in [0.2, 0.25) is 0 Å². The predicted octanol–water partition coefficient (Wildman–Crippen LogP) is 3.70. The lowest BCUT2D eigenvalue weighted by atomic mass is 10.1. The molecule has 0 saturated carbocycles. The summed E-state index contributed by atoms with van der Waals surface area (Å²) in [7, 11) is 0. The summed E-state index contributed by atoms with van der Waals surface area (Å²) in [6, 6.07) is 8.38. The largest absolute Gasteiger partial charge is 0.307 e. The van der Waals surface area contributed by atoms with Crippen LogP contribution in [-0.2, 0) is 6.54 Å². The first-order valence-electron chi connectivity index (χ1n) is 5.78. The fraction of sp³-hybridized carbons (Fsp3) is 0.385. The van der Waals surface area contributed by atoms with Gasteiger partial charge in [0.25, 0.3) is 0 Å². The highest BCUT2D eigenvalue weighted by atomic mass is 127. The van der Waals surface area contributed by atoms with Crippen LogP contribution in [0.5, 0.6) is 0 Å². The number of hydrogen-bond donors (Lipinski definition) is 1. The molecule has 18 heavy (non-hydrogen) atoms. The quantitative estimate of drug-likeness (QED) is 0.834. The summed E-state index contributed by atoms with van der Waals surface area (Å²) >= 11 is 3.77. The highest BCUT2D eigenvalue weighted by Gasteiger charge is 2.14. The van der Waals surface area contributed by atoms with Gasteiger partial charge in [-0.3, -0.25) is 0 Å². The number of rotatable bonds is 3. The lowest BCUT2D eigenvalue weighted by molar-refractivity contribution is 0.426. The van der Waals surface area contributed by atoms with E-state index in [0.29, 0.717) is 0 Å². The van der Waals surface area contributed by atoms with Crippen LogP contribution in [0.4, 0.5) is 0 Å². The van der Waals surface area contributed by atoms with Gasteiger partial charge >= 0.3 is 0 Å². The molecule has 1 N–H and O–H groups in total. The van der Waals surface area contributed by atoms with E-state index in [1.807, 2.05) is 0 Å². The average molecular weight is 373 g/mol.